The molecule has 1 nitrogen and oxygen atoms in total. The Morgan fingerprint density at radius 1 is 0.667 bits per heavy atom. The molecule has 0 saturated heterocycles. The molecule has 18 heavy (non-hydrogen) atoms. The molecule has 2 heteroatoms. The molecule has 0 saturated carbocycles. The zero-order valence-corrected chi connectivity index (χ0v) is 10.8. The third-order valence-electron chi connectivity index (χ3n) is 2.58. The van der Waals surface area contributed by atoms with Crippen molar-refractivity contribution in [2.45, 2.75) is 4.90 Å². The maximum absolute atomic E-state index is 5.76. The van der Waals surface area contributed by atoms with Crippen LogP contribution in [0.1, 0.15) is 0 Å². The Kier molecular flexibility index (Phi) is 4.26. The standard InChI is InChI=1S/C10H9N.C6H6S/c11-10-7-3-5-8-4-1-2-6-9(8)10;7-6-4-2-1-3-5-6/h1-7H,11H2;1-5,7H. The summed E-state index contributed by atoms with van der Waals surface area (Å²) < 4.78 is 0. The summed E-state index contributed by atoms with van der Waals surface area (Å²) >= 11 is 4.08. The van der Waals surface area contributed by atoms with Gasteiger partial charge in [0.15, 0.2) is 0 Å². The van der Waals surface area contributed by atoms with E-state index in [-0.39, 0.29) is 0 Å². The van der Waals surface area contributed by atoms with Crippen LogP contribution in [0.25, 0.3) is 10.8 Å². The number of thiol groups is 1. The second-order valence-electron chi connectivity index (χ2n) is 3.90. The third-order valence-corrected chi connectivity index (χ3v) is 2.88. The highest BCUT2D eigenvalue weighted by Crippen LogP contribution is 2.19. The van der Waals surface area contributed by atoms with Gasteiger partial charge in [-0.1, -0.05) is 54.6 Å². The minimum atomic E-state index is 0.850. The van der Waals surface area contributed by atoms with Gasteiger partial charge in [0.25, 0.3) is 0 Å². The third kappa shape index (κ3) is 3.28. The first kappa shape index (κ1) is 12.5. The predicted molar refractivity (Wildman–Crippen MR) is 82.1 cm³/mol. The van der Waals surface area contributed by atoms with Gasteiger partial charge >= 0.3 is 0 Å². The van der Waals surface area contributed by atoms with E-state index in [0.717, 1.165) is 16.0 Å². The molecule has 0 atom stereocenters. The summed E-state index contributed by atoms with van der Waals surface area (Å²) in [6.45, 7) is 0. The van der Waals surface area contributed by atoms with Crippen LogP contribution in [0.3, 0.4) is 0 Å². The van der Waals surface area contributed by atoms with Gasteiger partial charge in [0.2, 0.25) is 0 Å². The van der Waals surface area contributed by atoms with Crippen LogP contribution >= 0.6 is 12.6 Å². The Labute approximate surface area is 113 Å². The predicted octanol–water partition coefficient (Wildman–Crippen LogP) is 4.40. The van der Waals surface area contributed by atoms with Gasteiger partial charge in [-0.05, 0) is 23.6 Å². The lowest BCUT2D eigenvalue weighted by Crippen LogP contribution is -1.84. The van der Waals surface area contributed by atoms with Gasteiger partial charge in [-0.3, -0.25) is 0 Å². The monoisotopic (exact) mass is 253 g/mol. The lowest BCUT2D eigenvalue weighted by atomic mass is 10.1. The lowest BCUT2D eigenvalue weighted by molar-refractivity contribution is 1.48. The summed E-state index contributed by atoms with van der Waals surface area (Å²) in [4.78, 5) is 1.02. The summed E-state index contributed by atoms with van der Waals surface area (Å²) in [6, 6.07) is 23.8. The summed E-state index contributed by atoms with van der Waals surface area (Å²) in [7, 11) is 0. The van der Waals surface area contributed by atoms with Crippen molar-refractivity contribution in [1.29, 1.82) is 0 Å². The molecule has 0 aromatic heterocycles. The minimum absolute atomic E-state index is 0.850. The molecule has 3 rings (SSSR count). The van der Waals surface area contributed by atoms with Crippen molar-refractivity contribution < 1.29 is 0 Å². The molecular weight excluding hydrogens is 238 g/mol. The fourth-order valence-corrected chi connectivity index (χ4v) is 1.85. The number of nitrogens with two attached hydrogens (primary N) is 1. The zero-order valence-electron chi connectivity index (χ0n) is 9.95. The molecule has 0 aliphatic carbocycles. The summed E-state index contributed by atoms with van der Waals surface area (Å²) in [6.07, 6.45) is 0. The molecule has 0 aliphatic heterocycles. The van der Waals surface area contributed by atoms with Gasteiger partial charge in [-0.25, -0.2) is 0 Å². The maximum Gasteiger partial charge on any atom is 0.0393 e. The molecule has 3 aromatic carbocycles. The average molecular weight is 253 g/mol. The number of hydrogen-bond donors (Lipinski definition) is 2. The van der Waals surface area contributed by atoms with E-state index in [2.05, 4.69) is 24.8 Å². The number of fused-ring (bicyclic) bond motifs is 1. The Balaban J connectivity index is 0.000000149. The van der Waals surface area contributed by atoms with Crippen molar-refractivity contribution in [3.8, 4) is 0 Å². The quantitative estimate of drug-likeness (QED) is 0.451. The number of anilines is 1. The largest absolute Gasteiger partial charge is 0.398 e. The average Bonchev–Trinajstić information content (AvgIpc) is 2.41. The van der Waals surface area contributed by atoms with E-state index < -0.39 is 0 Å². The fourth-order valence-electron chi connectivity index (χ4n) is 1.68. The van der Waals surface area contributed by atoms with Crippen LogP contribution < -0.4 is 5.73 Å². The lowest BCUT2D eigenvalue weighted by Gasteiger charge is -1.98. The highest BCUT2D eigenvalue weighted by molar-refractivity contribution is 7.80. The molecule has 0 radical (unpaired) electrons. The van der Waals surface area contributed by atoms with Crippen LogP contribution in [0.15, 0.2) is 77.7 Å². The van der Waals surface area contributed by atoms with Crippen LogP contribution in [0, 0.1) is 0 Å². The first-order valence-corrected chi connectivity index (χ1v) is 6.19. The Bertz CT molecular complexity index is 615. The van der Waals surface area contributed by atoms with Gasteiger partial charge in [0.1, 0.15) is 0 Å². The van der Waals surface area contributed by atoms with Crippen molar-refractivity contribution in [1.82, 2.24) is 0 Å². The van der Waals surface area contributed by atoms with E-state index in [1.165, 1.54) is 5.39 Å². The molecule has 0 spiro atoms. The van der Waals surface area contributed by atoms with Gasteiger partial charge in [-0.2, -0.15) is 0 Å². The van der Waals surface area contributed by atoms with Crippen molar-refractivity contribution in [2.24, 2.45) is 0 Å². The highest BCUT2D eigenvalue weighted by Gasteiger charge is 1.92. The number of benzene rings is 3. The van der Waals surface area contributed by atoms with E-state index >= 15 is 0 Å². The molecule has 90 valence electrons. The van der Waals surface area contributed by atoms with Gasteiger partial charge in [0, 0.05) is 16.0 Å². The molecule has 0 bridgehead atoms. The Morgan fingerprint density at radius 2 is 1.28 bits per heavy atom. The molecule has 0 unspecified atom stereocenters. The van der Waals surface area contributed by atoms with Crippen molar-refractivity contribution >= 4 is 29.1 Å². The first-order chi connectivity index (χ1) is 8.77. The van der Waals surface area contributed by atoms with Crippen LogP contribution in [0.5, 0.6) is 0 Å². The Hall–Kier alpha value is -1.93. The highest BCUT2D eigenvalue weighted by atomic mass is 32.1. The minimum Gasteiger partial charge on any atom is -0.398 e. The molecule has 2 N–H and O–H groups in total. The molecular formula is C16H15NS. The number of nitrogen functional groups attached to an aromatic ring is 1. The topological polar surface area (TPSA) is 26.0 Å². The molecule has 0 aliphatic rings. The fraction of sp³-hybridized carbons (Fsp3) is 0. The smallest absolute Gasteiger partial charge is 0.0393 e. The zero-order chi connectivity index (χ0) is 12.8. The van der Waals surface area contributed by atoms with E-state index in [4.69, 9.17) is 5.73 Å². The van der Waals surface area contributed by atoms with Crippen LogP contribution in [-0.2, 0) is 0 Å². The molecule has 0 fully saturated rings. The summed E-state index contributed by atoms with van der Waals surface area (Å²) in [5.74, 6) is 0. The van der Waals surface area contributed by atoms with Gasteiger partial charge in [-0.15, -0.1) is 12.6 Å². The van der Waals surface area contributed by atoms with Crippen molar-refractivity contribution in [2.75, 3.05) is 5.73 Å². The number of rotatable bonds is 0. The van der Waals surface area contributed by atoms with E-state index in [1.807, 2.05) is 60.7 Å². The van der Waals surface area contributed by atoms with Crippen LogP contribution in [-0.4, -0.2) is 0 Å². The van der Waals surface area contributed by atoms with E-state index in [1.54, 1.807) is 0 Å². The normalized spacial score (nSPS) is 9.61. The van der Waals surface area contributed by atoms with Crippen molar-refractivity contribution in [3.63, 3.8) is 0 Å². The second kappa shape index (κ2) is 6.12. The second-order valence-corrected chi connectivity index (χ2v) is 4.42. The molecule has 3 aromatic rings. The molecule has 0 amide bonds. The van der Waals surface area contributed by atoms with Crippen molar-refractivity contribution in [3.05, 3.63) is 72.8 Å². The summed E-state index contributed by atoms with van der Waals surface area (Å²) in [5.41, 5.74) is 6.61. The van der Waals surface area contributed by atoms with Gasteiger partial charge < -0.3 is 5.73 Å². The number of hydrogen-bond acceptors (Lipinski definition) is 2. The van der Waals surface area contributed by atoms with Crippen LogP contribution in [0.4, 0.5) is 5.69 Å². The van der Waals surface area contributed by atoms with Gasteiger partial charge in [0.05, 0.1) is 0 Å². The van der Waals surface area contributed by atoms with E-state index in [0.29, 0.717) is 0 Å². The van der Waals surface area contributed by atoms with Crippen LogP contribution in [0.2, 0.25) is 0 Å². The van der Waals surface area contributed by atoms with E-state index in [9.17, 15) is 0 Å². The maximum atomic E-state index is 5.76. The molecule has 0 heterocycles. The Morgan fingerprint density at radius 3 is 1.89 bits per heavy atom. The summed E-state index contributed by atoms with van der Waals surface area (Å²) in [5, 5.41) is 2.34. The first-order valence-electron chi connectivity index (χ1n) is 5.74. The SMILES string of the molecule is Nc1cccc2ccccc12.Sc1ccccc1.